The van der Waals surface area contributed by atoms with Crippen molar-refractivity contribution in [1.29, 1.82) is 0 Å². The molecule has 0 saturated carbocycles. The van der Waals surface area contributed by atoms with Crippen molar-refractivity contribution in [2.24, 2.45) is 7.05 Å². The van der Waals surface area contributed by atoms with Crippen molar-refractivity contribution in [2.45, 2.75) is 26.3 Å². The number of benzene rings is 1. The first-order chi connectivity index (χ1) is 9.61. The summed E-state index contributed by atoms with van der Waals surface area (Å²) in [5, 5.41) is 11.2. The fourth-order valence-corrected chi connectivity index (χ4v) is 1.97. The van der Waals surface area contributed by atoms with Gasteiger partial charge in [0.1, 0.15) is 11.2 Å². The van der Waals surface area contributed by atoms with Gasteiger partial charge in [-0.2, -0.15) is 0 Å². The van der Waals surface area contributed by atoms with E-state index < -0.39 is 0 Å². The quantitative estimate of drug-likeness (QED) is 0.790. The highest BCUT2D eigenvalue weighted by molar-refractivity contribution is 5.77. The smallest absolute Gasteiger partial charge is 0.198 e. The van der Waals surface area contributed by atoms with Crippen molar-refractivity contribution >= 4 is 16.8 Å². The van der Waals surface area contributed by atoms with Crippen LogP contribution in [0.3, 0.4) is 0 Å². The normalized spacial score (nSPS) is 11.4. The van der Waals surface area contributed by atoms with Crippen LogP contribution in [-0.4, -0.2) is 20.0 Å². The minimum Gasteiger partial charge on any atom is -0.440 e. The number of oxazole rings is 1. The Hall–Kier alpha value is -2.37. The maximum Gasteiger partial charge on any atom is 0.198 e. The Labute approximate surface area is 116 Å². The molecule has 0 fully saturated rings. The summed E-state index contributed by atoms with van der Waals surface area (Å²) < 4.78 is 7.37. The molecule has 0 aliphatic rings. The third-order valence-electron chi connectivity index (χ3n) is 3.02. The third kappa shape index (κ3) is 2.49. The van der Waals surface area contributed by atoms with Gasteiger partial charge in [-0.1, -0.05) is 19.1 Å². The molecule has 3 rings (SSSR count). The minimum absolute atomic E-state index is 0.290. The van der Waals surface area contributed by atoms with Crippen LogP contribution in [0.1, 0.15) is 31.4 Å². The van der Waals surface area contributed by atoms with Gasteiger partial charge in [-0.05, 0) is 18.2 Å². The van der Waals surface area contributed by atoms with E-state index in [1.54, 1.807) is 4.68 Å². The van der Waals surface area contributed by atoms with Gasteiger partial charge in [-0.3, -0.25) is 4.68 Å². The van der Waals surface area contributed by atoms with E-state index in [0.29, 0.717) is 12.5 Å². The number of fused-ring (bicyclic) bond motifs is 1. The molecule has 2 heterocycles. The average molecular weight is 271 g/mol. The maximum absolute atomic E-state index is 5.69. The van der Waals surface area contributed by atoms with Gasteiger partial charge in [0.15, 0.2) is 11.5 Å². The van der Waals surface area contributed by atoms with Crippen LogP contribution in [0.5, 0.6) is 0 Å². The Balaban J connectivity index is 1.78. The lowest BCUT2D eigenvalue weighted by molar-refractivity contribution is 0.501. The van der Waals surface area contributed by atoms with Crippen molar-refractivity contribution in [2.75, 3.05) is 5.32 Å². The van der Waals surface area contributed by atoms with Crippen molar-refractivity contribution in [3.63, 3.8) is 0 Å². The topological polar surface area (TPSA) is 68.8 Å². The molecule has 6 nitrogen and oxygen atoms in total. The summed E-state index contributed by atoms with van der Waals surface area (Å²) in [5.74, 6) is 1.06. The van der Waals surface area contributed by atoms with Gasteiger partial charge in [0, 0.05) is 24.8 Å². The van der Waals surface area contributed by atoms with E-state index in [-0.39, 0.29) is 0 Å². The molecule has 6 heteroatoms. The molecule has 0 bridgehead atoms. The fourth-order valence-electron chi connectivity index (χ4n) is 1.97. The molecule has 1 aromatic carbocycles. The summed E-state index contributed by atoms with van der Waals surface area (Å²) in [5.41, 5.74) is 3.58. The summed E-state index contributed by atoms with van der Waals surface area (Å²) >= 11 is 0. The zero-order valence-electron chi connectivity index (χ0n) is 11.8. The summed E-state index contributed by atoms with van der Waals surface area (Å²) in [6, 6.07) is 5.91. The Bertz CT molecular complexity index is 728. The van der Waals surface area contributed by atoms with E-state index in [4.69, 9.17) is 4.42 Å². The summed E-state index contributed by atoms with van der Waals surface area (Å²) in [7, 11) is 1.85. The molecule has 3 aromatic rings. The number of rotatable bonds is 4. The van der Waals surface area contributed by atoms with Crippen molar-refractivity contribution in [1.82, 2.24) is 20.0 Å². The molecule has 104 valence electrons. The van der Waals surface area contributed by atoms with E-state index in [1.807, 2.05) is 31.4 Å². The SMILES string of the molecule is CC(C)c1nc2cc(NCc3cn(C)nn3)ccc2o1. The predicted octanol–water partition coefficient (Wildman–Crippen LogP) is 2.69. The molecule has 0 unspecified atom stereocenters. The molecule has 0 spiro atoms. The van der Waals surface area contributed by atoms with E-state index >= 15 is 0 Å². The Morgan fingerprint density at radius 2 is 2.20 bits per heavy atom. The summed E-state index contributed by atoms with van der Waals surface area (Å²) in [6.45, 7) is 4.77. The molecule has 1 N–H and O–H groups in total. The van der Waals surface area contributed by atoms with Crippen LogP contribution >= 0.6 is 0 Å². The largest absolute Gasteiger partial charge is 0.440 e. The number of aromatic nitrogens is 4. The number of nitrogens with one attached hydrogen (secondary N) is 1. The number of nitrogens with zero attached hydrogens (tertiary/aromatic N) is 4. The van der Waals surface area contributed by atoms with Gasteiger partial charge in [-0.15, -0.1) is 5.10 Å². The molecule has 0 aliphatic carbocycles. The average Bonchev–Trinajstić information content (AvgIpc) is 3.01. The van der Waals surface area contributed by atoms with Crippen molar-refractivity contribution < 1.29 is 4.42 Å². The molecule has 0 saturated heterocycles. The monoisotopic (exact) mass is 271 g/mol. The van der Waals surface area contributed by atoms with Crippen LogP contribution in [0.2, 0.25) is 0 Å². The van der Waals surface area contributed by atoms with Crippen LogP contribution in [0.25, 0.3) is 11.1 Å². The van der Waals surface area contributed by atoms with E-state index in [9.17, 15) is 0 Å². The summed E-state index contributed by atoms with van der Waals surface area (Å²) in [4.78, 5) is 4.49. The van der Waals surface area contributed by atoms with Crippen molar-refractivity contribution in [3.05, 3.63) is 36.0 Å². The van der Waals surface area contributed by atoms with Crippen LogP contribution in [-0.2, 0) is 13.6 Å². The van der Waals surface area contributed by atoms with Crippen LogP contribution in [0.15, 0.2) is 28.8 Å². The zero-order valence-corrected chi connectivity index (χ0v) is 11.8. The molecule has 0 atom stereocenters. The van der Waals surface area contributed by atoms with E-state index in [0.717, 1.165) is 28.4 Å². The highest BCUT2D eigenvalue weighted by Crippen LogP contribution is 2.23. The Kier molecular flexibility index (Phi) is 3.14. The van der Waals surface area contributed by atoms with E-state index in [1.165, 1.54) is 0 Å². The second kappa shape index (κ2) is 4.96. The fraction of sp³-hybridized carbons (Fsp3) is 0.357. The first-order valence-corrected chi connectivity index (χ1v) is 6.61. The Morgan fingerprint density at radius 3 is 2.90 bits per heavy atom. The molecule has 20 heavy (non-hydrogen) atoms. The predicted molar refractivity (Wildman–Crippen MR) is 76.4 cm³/mol. The second-order valence-electron chi connectivity index (χ2n) is 5.13. The first-order valence-electron chi connectivity index (χ1n) is 6.61. The van der Waals surface area contributed by atoms with Gasteiger partial charge >= 0.3 is 0 Å². The molecular formula is C14H17N5O. The zero-order chi connectivity index (χ0) is 14.1. The van der Waals surface area contributed by atoms with Gasteiger partial charge in [0.05, 0.1) is 6.54 Å². The number of aryl methyl sites for hydroxylation is 1. The standard InChI is InChI=1S/C14H17N5O/c1-9(2)14-16-12-6-10(4-5-13(12)20-14)15-7-11-8-19(3)18-17-11/h4-6,8-9,15H,7H2,1-3H3. The molecule has 2 aromatic heterocycles. The first kappa shape index (κ1) is 12.7. The van der Waals surface area contributed by atoms with Crippen LogP contribution < -0.4 is 5.32 Å². The lowest BCUT2D eigenvalue weighted by Gasteiger charge is -2.02. The highest BCUT2D eigenvalue weighted by atomic mass is 16.3. The number of anilines is 1. The highest BCUT2D eigenvalue weighted by Gasteiger charge is 2.09. The Morgan fingerprint density at radius 1 is 1.35 bits per heavy atom. The maximum atomic E-state index is 5.69. The van der Waals surface area contributed by atoms with E-state index in [2.05, 4.69) is 34.5 Å². The third-order valence-corrected chi connectivity index (χ3v) is 3.02. The van der Waals surface area contributed by atoms with Crippen molar-refractivity contribution in [3.8, 4) is 0 Å². The van der Waals surface area contributed by atoms with Crippen LogP contribution in [0.4, 0.5) is 5.69 Å². The van der Waals surface area contributed by atoms with Gasteiger partial charge < -0.3 is 9.73 Å². The van der Waals surface area contributed by atoms with Gasteiger partial charge in [0.2, 0.25) is 0 Å². The summed E-state index contributed by atoms with van der Waals surface area (Å²) in [6.07, 6.45) is 1.89. The lowest BCUT2D eigenvalue weighted by Crippen LogP contribution is -1.99. The molecule has 0 radical (unpaired) electrons. The molecule has 0 aliphatic heterocycles. The van der Waals surface area contributed by atoms with Crippen LogP contribution in [0, 0.1) is 0 Å². The number of hydrogen-bond acceptors (Lipinski definition) is 5. The lowest BCUT2D eigenvalue weighted by atomic mass is 10.2. The van der Waals surface area contributed by atoms with Gasteiger partial charge in [0.25, 0.3) is 0 Å². The molecule has 0 amide bonds. The van der Waals surface area contributed by atoms with Gasteiger partial charge in [-0.25, -0.2) is 4.98 Å². The molecular weight excluding hydrogens is 254 g/mol. The minimum atomic E-state index is 0.290. The number of hydrogen-bond donors (Lipinski definition) is 1. The second-order valence-corrected chi connectivity index (χ2v) is 5.13.